The Labute approximate surface area is 184 Å². The summed E-state index contributed by atoms with van der Waals surface area (Å²) in [6, 6.07) is 14.9. The molecule has 0 unspecified atom stereocenters. The van der Waals surface area contributed by atoms with Gasteiger partial charge in [-0.2, -0.15) is 9.61 Å². The molecule has 0 aliphatic carbocycles. The highest BCUT2D eigenvalue weighted by Gasteiger charge is 2.28. The van der Waals surface area contributed by atoms with Crippen LogP contribution in [-0.2, 0) is 0 Å². The molecular weight excluding hydrogens is 421 g/mol. The van der Waals surface area contributed by atoms with Crippen molar-refractivity contribution in [1.82, 2.24) is 9.61 Å². The van der Waals surface area contributed by atoms with Gasteiger partial charge >= 0.3 is 0 Å². The molecule has 5 nitrogen and oxygen atoms in total. The van der Waals surface area contributed by atoms with E-state index in [1.807, 2.05) is 57.2 Å². The highest BCUT2D eigenvalue weighted by atomic mass is 35.5. The molecule has 0 saturated carbocycles. The van der Waals surface area contributed by atoms with Crippen LogP contribution >= 0.6 is 23.2 Å². The zero-order valence-corrected chi connectivity index (χ0v) is 18.5. The van der Waals surface area contributed by atoms with Crippen LogP contribution in [0.5, 0.6) is 0 Å². The first kappa shape index (κ1) is 20.5. The number of rotatable bonds is 5. The maximum Gasteiger partial charge on any atom is 0.265 e. The van der Waals surface area contributed by atoms with Gasteiger partial charge in [0.2, 0.25) is 5.71 Å². The van der Waals surface area contributed by atoms with Crippen molar-refractivity contribution in [3.63, 3.8) is 0 Å². The lowest BCUT2D eigenvalue weighted by molar-refractivity contribution is 0.0987. The Morgan fingerprint density at radius 1 is 1.13 bits per heavy atom. The molecule has 0 aliphatic rings. The molecule has 7 heteroatoms. The number of nitrogens with zero attached hydrogens (tertiary/aromatic N) is 3. The molecule has 4 rings (SSSR count). The number of halogens is 2. The van der Waals surface area contributed by atoms with Gasteiger partial charge < -0.3 is 9.32 Å². The van der Waals surface area contributed by atoms with Crippen LogP contribution in [0, 0.1) is 13.8 Å². The zero-order chi connectivity index (χ0) is 21.4. The predicted molar refractivity (Wildman–Crippen MR) is 121 cm³/mol. The van der Waals surface area contributed by atoms with Gasteiger partial charge in [-0.15, -0.1) is 0 Å². The van der Waals surface area contributed by atoms with E-state index in [4.69, 9.17) is 27.6 Å². The van der Waals surface area contributed by atoms with Crippen LogP contribution < -0.4 is 4.90 Å². The second-order valence-electron chi connectivity index (χ2n) is 7.10. The number of carbonyl (C=O) groups excluding carboxylic acids is 1. The second-order valence-corrected chi connectivity index (χ2v) is 7.94. The molecule has 0 fully saturated rings. The molecule has 0 spiro atoms. The fourth-order valence-electron chi connectivity index (χ4n) is 3.64. The van der Waals surface area contributed by atoms with Crippen molar-refractivity contribution >= 4 is 40.5 Å². The van der Waals surface area contributed by atoms with Crippen molar-refractivity contribution in [1.29, 1.82) is 0 Å². The van der Waals surface area contributed by atoms with Crippen LogP contribution in [0.25, 0.3) is 17.0 Å². The molecule has 1 amide bonds. The lowest BCUT2D eigenvalue weighted by Crippen LogP contribution is -2.32. The van der Waals surface area contributed by atoms with Gasteiger partial charge in [0, 0.05) is 22.8 Å². The van der Waals surface area contributed by atoms with Crippen LogP contribution in [-0.4, -0.2) is 22.1 Å². The fraction of sp³-hybridized carbons (Fsp3) is 0.217. The summed E-state index contributed by atoms with van der Waals surface area (Å²) >= 11 is 12.5. The highest BCUT2D eigenvalue weighted by molar-refractivity contribution is 6.36. The van der Waals surface area contributed by atoms with Crippen molar-refractivity contribution in [2.45, 2.75) is 27.2 Å². The van der Waals surface area contributed by atoms with E-state index in [2.05, 4.69) is 5.10 Å². The molecular formula is C23H21Cl2N3O2. The summed E-state index contributed by atoms with van der Waals surface area (Å²) in [5.74, 6) is 0.482. The number of para-hydroxylation sites is 1. The van der Waals surface area contributed by atoms with Crippen LogP contribution in [0.15, 0.2) is 52.9 Å². The van der Waals surface area contributed by atoms with E-state index in [1.54, 1.807) is 21.5 Å². The summed E-state index contributed by atoms with van der Waals surface area (Å²) in [4.78, 5) is 15.3. The average molecular weight is 442 g/mol. The summed E-state index contributed by atoms with van der Waals surface area (Å²) < 4.78 is 7.69. The number of aryl methyl sites for hydroxylation is 2. The fourth-order valence-corrected chi connectivity index (χ4v) is 4.14. The quantitative estimate of drug-likeness (QED) is 0.351. The molecule has 0 bridgehead atoms. The molecule has 0 N–H and O–H groups in total. The van der Waals surface area contributed by atoms with E-state index in [0.29, 0.717) is 45.0 Å². The molecule has 2 aromatic carbocycles. The summed E-state index contributed by atoms with van der Waals surface area (Å²) in [5.41, 5.74) is 3.75. The number of hydrogen-bond acceptors (Lipinski definition) is 3. The molecule has 0 saturated heterocycles. The van der Waals surface area contributed by atoms with Crippen LogP contribution in [0.4, 0.5) is 5.69 Å². The minimum absolute atomic E-state index is 0.141. The van der Waals surface area contributed by atoms with Gasteiger partial charge in [0.1, 0.15) is 17.0 Å². The van der Waals surface area contributed by atoms with Gasteiger partial charge in [-0.1, -0.05) is 48.3 Å². The van der Waals surface area contributed by atoms with E-state index >= 15 is 0 Å². The number of aromatic nitrogens is 2. The zero-order valence-electron chi connectivity index (χ0n) is 16.9. The summed E-state index contributed by atoms with van der Waals surface area (Å²) in [6.07, 6.45) is 0.826. The number of carbonyl (C=O) groups is 1. The molecule has 2 heterocycles. The molecule has 154 valence electrons. The van der Waals surface area contributed by atoms with E-state index in [9.17, 15) is 4.79 Å². The summed E-state index contributed by atoms with van der Waals surface area (Å²) in [7, 11) is 0. The molecule has 0 atom stereocenters. The van der Waals surface area contributed by atoms with Gasteiger partial charge in [0.15, 0.2) is 0 Å². The van der Waals surface area contributed by atoms with Gasteiger partial charge in [0.25, 0.3) is 5.91 Å². The van der Waals surface area contributed by atoms with Crippen molar-refractivity contribution in [2.24, 2.45) is 0 Å². The number of hydrogen-bond donors (Lipinski definition) is 0. The first-order valence-electron chi connectivity index (χ1n) is 9.73. The van der Waals surface area contributed by atoms with Crippen LogP contribution in [0.1, 0.15) is 35.2 Å². The predicted octanol–water partition coefficient (Wildman–Crippen LogP) is 6.57. The number of oxazole rings is 1. The third-order valence-electron chi connectivity index (χ3n) is 4.97. The van der Waals surface area contributed by atoms with E-state index in [-0.39, 0.29) is 5.91 Å². The maximum absolute atomic E-state index is 13.6. The largest absolute Gasteiger partial charge is 0.440 e. The lowest BCUT2D eigenvalue weighted by atomic mass is 10.1. The number of benzene rings is 2. The van der Waals surface area contributed by atoms with Gasteiger partial charge in [-0.25, -0.2) is 0 Å². The number of anilines is 1. The first-order chi connectivity index (χ1) is 14.4. The Kier molecular flexibility index (Phi) is 5.58. The Bertz CT molecular complexity index is 1230. The van der Waals surface area contributed by atoms with Crippen molar-refractivity contribution in [3.05, 3.63) is 75.6 Å². The summed E-state index contributed by atoms with van der Waals surface area (Å²) in [6.45, 7) is 6.28. The average Bonchev–Trinajstić information content (AvgIpc) is 3.19. The van der Waals surface area contributed by atoms with Crippen LogP contribution in [0.2, 0.25) is 10.0 Å². The van der Waals surface area contributed by atoms with Gasteiger partial charge in [-0.3, -0.25) is 4.79 Å². The highest BCUT2D eigenvalue weighted by Crippen LogP contribution is 2.36. The Morgan fingerprint density at radius 3 is 2.53 bits per heavy atom. The van der Waals surface area contributed by atoms with Gasteiger partial charge in [0.05, 0.1) is 10.7 Å². The molecule has 4 aromatic rings. The molecule has 30 heavy (non-hydrogen) atoms. The monoisotopic (exact) mass is 441 g/mol. The Morgan fingerprint density at radius 2 is 1.87 bits per heavy atom. The topological polar surface area (TPSA) is 50.8 Å². The number of fused-ring (bicyclic) bond motifs is 1. The molecule has 2 aromatic heterocycles. The normalized spacial score (nSPS) is 11.2. The van der Waals surface area contributed by atoms with Crippen molar-refractivity contribution in [2.75, 3.05) is 11.4 Å². The standard InChI is InChI=1S/C23H21Cl2N3O2/c1-4-12-27(17-8-6-5-7-9-17)22(29)20-14(2)26-28-21(15(3)30-23(20)28)18-11-10-16(24)13-19(18)25/h5-11,13H,4,12H2,1-3H3. The first-order valence-corrected chi connectivity index (χ1v) is 10.5. The van der Waals surface area contributed by atoms with Crippen LogP contribution in [0.3, 0.4) is 0 Å². The summed E-state index contributed by atoms with van der Waals surface area (Å²) in [5, 5.41) is 5.65. The Balaban J connectivity index is 1.86. The third-order valence-corrected chi connectivity index (χ3v) is 5.52. The second kappa shape index (κ2) is 8.17. The SMILES string of the molecule is CCCN(C(=O)c1c(C)nn2c(-c3ccc(Cl)cc3Cl)c(C)oc12)c1ccccc1. The minimum atomic E-state index is -0.141. The minimum Gasteiger partial charge on any atom is -0.440 e. The third kappa shape index (κ3) is 3.48. The van der Waals surface area contributed by atoms with Crippen molar-refractivity contribution in [3.8, 4) is 11.3 Å². The van der Waals surface area contributed by atoms with E-state index in [1.165, 1.54) is 0 Å². The van der Waals surface area contributed by atoms with E-state index in [0.717, 1.165) is 17.7 Å². The smallest absolute Gasteiger partial charge is 0.265 e. The van der Waals surface area contributed by atoms with Gasteiger partial charge in [-0.05, 0) is 50.6 Å². The van der Waals surface area contributed by atoms with Crippen molar-refractivity contribution < 1.29 is 9.21 Å². The molecule has 0 aliphatic heterocycles. The Hall–Kier alpha value is -2.76. The number of amides is 1. The lowest BCUT2D eigenvalue weighted by Gasteiger charge is -2.21. The maximum atomic E-state index is 13.6. The van der Waals surface area contributed by atoms with E-state index < -0.39 is 0 Å². The molecule has 0 radical (unpaired) electrons.